The highest BCUT2D eigenvalue weighted by Crippen LogP contribution is 2.27. The number of nitrogens with one attached hydrogen (secondary N) is 1. The van der Waals surface area contributed by atoms with Gasteiger partial charge in [0.05, 0.1) is 22.3 Å². The average molecular weight is 341 g/mol. The molecule has 108 valence electrons. The molecule has 0 radical (unpaired) electrons. The smallest absolute Gasteiger partial charge is 0.263 e. The number of aryl methyl sites for hydroxylation is 1. The largest absolute Gasteiger partial charge is 0.279 e. The number of hydrogen-bond acceptors (Lipinski definition) is 3. The first-order valence-electron chi connectivity index (χ1n) is 5.82. The molecule has 0 aliphatic heterocycles. The van der Waals surface area contributed by atoms with Crippen molar-refractivity contribution in [3.8, 4) is 6.07 Å². The minimum Gasteiger partial charge on any atom is -0.279 e. The van der Waals surface area contributed by atoms with Crippen LogP contribution in [0, 0.1) is 18.3 Å². The molecule has 0 fully saturated rings. The molecule has 2 aromatic rings. The van der Waals surface area contributed by atoms with Crippen molar-refractivity contribution >= 4 is 38.9 Å². The Morgan fingerprint density at radius 1 is 1.14 bits per heavy atom. The normalized spacial score (nSPS) is 11.0. The molecule has 0 saturated carbocycles. The lowest BCUT2D eigenvalue weighted by atomic mass is 10.2. The molecular formula is C14H10Cl2N2O2S. The van der Waals surface area contributed by atoms with Gasteiger partial charge in [-0.2, -0.15) is 5.26 Å². The first-order valence-corrected chi connectivity index (χ1v) is 8.06. The second kappa shape index (κ2) is 5.94. The van der Waals surface area contributed by atoms with Crippen LogP contribution in [0.3, 0.4) is 0 Å². The van der Waals surface area contributed by atoms with E-state index in [9.17, 15) is 8.42 Å². The second-order valence-electron chi connectivity index (χ2n) is 4.32. The van der Waals surface area contributed by atoms with Crippen molar-refractivity contribution in [3.05, 3.63) is 57.6 Å². The molecule has 4 nitrogen and oxygen atoms in total. The highest BCUT2D eigenvalue weighted by molar-refractivity contribution is 7.92. The number of nitriles is 1. The molecule has 7 heteroatoms. The first kappa shape index (κ1) is 15.6. The van der Waals surface area contributed by atoms with Crippen LogP contribution in [0.1, 0.15) is 11.1 Å². The molecule has 0 atom stereocenters. The molecule has 0 spiro atoms. The fraction of sp³-hybridized carbons (Fsp3) is 0.0714. The van der Waals surface area contributed by atoms with Crippen LogP contribution in [-0.2, 0) is 10.0 Å². The topological polar surface area (TPSA) is 70.0 Å². The van der Waals surface area contributed by atoms with Gasteiger partial charge in [-0.25, -0.2) is 8.42 Å². The molecule has 0 saturated heterocycles. The molecule has 0 aromatic heterocycles. The zero-order valence-electron chi connectivity index (χ0n) is 10.9. The summed E-state index contributed by atoms with van der Waals surface area (Å²) in [6, 6.07) is 10.8. The third kappa shape index (κ3) is 3.48. The minimum absolute atomic E-state index is 0.0428. The molecule has 1 N–H and O–H groups in total. The fourth-order valence-corrected chi connectivity index (χ4v) is 3.50. The number of sulfonamides is 1. The lowest BCUT2D eigenvalue weighted by Gasteiger charge is -2.12. The van der Waals surface area contributed by atoms with Gasteiger partial charge in [0.1, 0.15) is 4.90 Å². The second-order valence-corrected chi connectivity index (χ2v) is 6.82. The van der Waals surface area contributed by atoms with Gasteiger partial charge in [0, 0.05) is 5.02 Å². The first-order chi connectivity index (χ1) is 9.83. The van der Waals surface area contributed by atoms with Crippen molar-refractivity contribution in [1.29, 1.82) is 5.26 Å². The third-order valence-corrected chi connectivity index (χ3v) is 4.88. The molecule has 0 unspecified atom stereocenters. The van der Waals surface area contributed by atoms with Crippen molar-refractivity contribution in [1.82, 2.24) is 0 Å². The maximum atomic E-state index is 12.4. The van der Waals surface area contributed by atoms with Gasteiger partial charge in [0.15, 0.2) is 0 Å². The van der Waals surface area contributed by atoms with Crippen LogP contribution in [-0.4, -0.2) is 8.42 Å². The number of anilines is 1. The Bertz CT molecular complexity index is 843. The van der Waals surface area contributed by atoms with Gasteiger partial charge in [-0.3, -0.25) is 4.72 Å². The predicted octanol–water partition coefficient (Wildman–Crippen LogP) is 3.97. The summed E-state index contributed by atoms with van der Waals surface area (Å²) in [5, 5.41) is 9.32. The van der Waals surface area contributed by atoms with E-state index in [1.807, 2.05) is 6.07 Å². The summed E-state index contributed by atoms with van der Waals surface area (Å²) >= 11 is 11.8. The number of rotatable bonds is 3. The summed E-state index contributed by atoms with van der Waals surface area (Å²) in [5.74, 6) is 0. The summed E-state index contributed by atoms with van der Waals surface area (Å²) in [4.78, 5) is -0.150. The number of hydrogen-bond donors (Lipinski definition) is 1. The predicted molar refractivity (Wildman–Crippen MR) is 83.2 cm³/mol. The molecular weight excluding hydrogens is 331 g/mol. The zero-order chi connectivity index (χ0) is 15.6. The fourth-order valence-electron chi connectivity index (χ4n) is 1.68. The summed E-state index contributed by atoms with van der Waals surface area (Å²) in [5.41, 5.74) is 1.29. The van der Waals surface area contributed by atoms with Gasteiger partial charge in [0.2, 0.25) is 0 Å². The van der Waals surface area contributed by atoms with E-state index in [0.29, 0.717) is 10.7 Å². The van der Waals surface area contributed by atoms with E-state index < -0.39 is 10.0 Å². The van der Waals surface area contributed by atoms with E-state index in [1.54, 1.807) is 19.1 Å². The van der Waals surface area contributed by atoms with Gasteiger partial charge >= 0.3 is 0 Å². The minimum atomic E-state index is -3.91. The number of halogens is 2. The standard InChI is InChI=1S/C14H10Cl2N2O2S/c1-9-2-4-11(15)7-13(9)18-21(19,20)14-6-10(8-17)3-5-12(14)16/h2-7,18H,1H3. The molecule has 0 bridgehead atoms. The van der Waals surface area contributed by atoms with Crippen molar-refractivity contribution < 1.29 is 8.42 Å². The molecule has 0 aliphatic carbocycles. The van der Waals surface area contributed by atoms with Crippen molar-refractivity contribution in [2.24, 2.45) is 0 Å². The van der Waals surface area contributed by atoms with Gasteiger partial charge in [-0.15, -0.1) is 0 Å². The van der Waals surface area contributed by atoms with Crippen LogP contribution in [0.4, 0.5) is 5.69 Å². The van der Waals surface area contributed by atoms with E-state index in [0.717, 1.165) is 5.56 Å². The van der Waals surface area contributed by atoms with Gasteiger partial charge < -0.3 is 0 Å². The molecule has 0 amide bonds. The van der Waals surface area contributed by atoms with Crippen LogP contribution in [0.15, 0.2) is 41.3 Å². The molecule has 2 aromatic carbocycles. The van der Waals surface area contributed by atoms with Crippen LogP contribution in [0.2, 0.25) is 10.0 Å². The lowest BCUT2D eigenvalue weighted by Crippen LogP contribution is -2.14. The summed E-state index contributed by atoms with van der Waals surface area (Å²) in [6.45, 7) is 1.75. The van der Waals surface area contributed by atoms with Crippen LogP contribution >= 0.6 is 23.2 Å². The molecule has 21 heavy (non-hydrogen) atoms. The Morgan fingerprint density at radius 2 is 1.86 bits per heavy atom. The Labute approximate surface area is 133 Å². The zero-order valence-corrected chi connectivity index (χ0v) is 13.2. The Hall–Kier alpha value is -1.74. The molecule has 0 aliphatic rings. The summed E-state index contributed by atoms with van der Waals surface area (Å²) in [6.07, 6.45) is 0. The monoisotopic (exact) mass is 340 g/mol. The Kier molecular flexibility index (Phi) is 4.43. The van der Waals surface area contributed by atoms with Crippen LogP contribution < -0.4 is 4.72 Å². The number of nitrogens with zero attached hydrogens (tertiary/aromatic N) is 1. The van der Waals surface area contributed by atoms with Crippen molar-refractivity contribution in [2.75, 3.05) is 4.72 Å². The highest BCUT2D eigenvalue weighted by Gasteiger charge is 2.19. The van der Waals surface area contributed by atoms with E-state index in [2.05, 4.69) is 4.72 Å². The van der Waals surface area contributed by atoms with E-state index >= 15 is 0 Å². The van der Waals surface area contributed by atoms with Gasteiger partial charge in [0.25, 0.3) is 10.0 Å². The third-order valence-electron chi connectivity index (χ3n) is 2.79. The van der Waals surface area contributed by atoms with Gasteiger partial charge in [-0.05, 0) is 42.8 Å². The van der Waals surface area contributed by atoms with Crippen molar-refractivity contribution in [2.45, 2.75) is 11.8 Å². The van der Waals surface area contributed by atoms with Gasteiger partial charge in [-0.1, -0.05) is 29.3 Å². The number of benzene rings is 2. The quantitative estimate of drug-likeness (QED) is 0.918. The van der Waals surface area contributed by atoms with E-state index in [-0.39, 0.29) is 15.5 Å². The maximum absolute atomic E-state index is 12.4. The Balaban J connectivity index is 2.48. The summed E-state index contributed by atoms with van der Waals surface area (Å²) < 4.78 is 27.2. The summed E-state index contributed by atoms with van der Waals surface area (Å²) in [7, 11) is -3.91. The lowest BCUT2D eigenvalue weighted by molar-refractivity contribution is 0.601. The van der Waals surface area contributed by atoms with Crippen LogP contribution in [0.5, 0.6) is 0 Å². The molecule has 0 heterocycles. The van der Waals surface area contributed by atoms with Crippen LogP contribution in [0.25, 0.3) is 0 Å². The SMILES string of the molecule is Cc1ccc(Cl)cc1NS(=O)(=O)c1cc(C#N)ccc1Cl. The van der Waals surface area contributed by atoms with Crippen molar-refractivity contribution in [3.63, 3.8) is 0 Å². The van der Waals surface area contributed by atoms with E-state index in [1.165, 1.54) is 24.3 Å². The molecule has 2 rings (SSSR count). The Morgan fingerprint density at radius 3 is 2.52 bits per heavy atom. The highest BCUT2D eigenvalue weighted by atomic mass is 35.5. The van der Waals surface area contributed by atoms with E-state index in [4.69, 9.17) is 28.5 Å². The maximum Gasteiger partial charge on any atom is 0.263 e. The average Bonchev–Trinajstić information content (AvgIpc) is 2.43.